The van der Waals surface area contributed by atoms with Gasteiger partial charge in [-0.3, -0.25) is 10.1 Å². The van der Waals surface area contributed by atoms with Crippen molar-refractivity contribution in [3.8, 4) is 5.75 Å². The van der Waals surface area contributed by atoms with E-state index in [0.717, 1.165) is 28.0 Å². The Bertz CT molecular complexity index is 938. The fourth-order valence-electron chi connectivity index (χ4n) is 2.64. The fraction of sp³-hybridized carbons (Fsp3) is 0.222. The van der Waals surface area contributed by atoms with E-state index >= 15 is 0 Å². The summed E-state index contributed by atoms with van der Waals surface area (Å²) in [5.74, 6) is 0.526. The maximum absolute atomic E-state index is 11.1. The molecular weight excluding hydrogens is 306 g/mol. The number of para-hydroxylation sites is 2. The molecule has 6 heteroatoms. The molecule has 0 saturated carbocycles. The lowest BCUT2D eigenvalue weighted by molar-refractivity contribution is -0.385. The van der Waals surface area contributed by atoms with Crippen molar-refractivity contribution >= 4 is 16.7 Å². The van der Waals surface area contributed by atoms with Gasteiger partial charge in [-0.1, -0.05) is 12.1 Å². The zero-order chi connectivity index (χ0) is 17.3. The van der Waals surface area contributed by atoms with Crippen LogP contribution in [0.3, 0.4) is 0 Å². The topological polar surface area (TPSA) is 78.2 Å². The third-order valence-electron chi connectivity index (χ3n) is 3.97. The van der Waals surface area contributed by atoms with Crippen LogP contribution in [-0.4, -0.2) is 14.9 Å². The van der Waals surface area contributed by atoms with E-state index in [1.54, 1.807) is 13.0 Å². The van der Waals surface area contributed by atoms with Crippen LogP contribution in [0.1, 0.15) is 22.5 Å². The minimum absolute atomic E-state index is 0.0527. The highest BCUT2D eigenvalue weighted by atomic mass is 16.6. The van der Waals surface area contributed by atoms with Crippen molar-refractivity contribution in [3.63, 3.8) is 0 Å². The van der Waals surface area contributed by atoms with Crippen molar-refractivity contribution < 1.29 is 9.66 Å². The number of hydrogen-bond acceptors (Lipinski definition) is 5. The quantitative estimate of drug-likeness (QED) is 0.535. The average Bonchev–Trinajstić information content (AvgIpc) is 2.54. The maximum atomic E-state index is 11.1. The maximum Gasteiger partial charge on any atom is 0.276 e. The van der Waals surface area contributed by atoms with Crippen LogP contribution in [0.4, 0.5) is 5.69 Å². The summed E-state index contributed by atoms with van der Waals surface area (Å²) >= 11 is 0. The second kappa shape index (κ2) is 6.23. The van der Waals surface area contributed by atoms with Gasteiger partial charge >= 0.3 is 0 Å². The van der Waals surface area contributed by atoms with Crippen molar-refractivity contribution in [2.45, 2.75) is 27.4 Å². The minimum atomic E-state index is -0.400. The first-order valence-corrected chi connectivity index (χ1v) is 7.57. The van der Waals surface area contributed by atoms with Gasteiger partial charge < -0.3 is 4.74 Å². The van der Waals surface area contributed by atoms with Crippen LogP contribution in [0, 0.1) is 30.9 Å². The van der Waals surface area contributed by atoms with E-state index in [2.05, 4.69) is 9.97 Å². The number of ether oxygens (including phenoxy) is 1. The third-order valence-corrected chi connectivity index (χ3v) is 3.97. The number of aryl methyl sites for hydroxylation is 2. The second-order valence-corrected chi connectivity index (χ2v) is 5.65. The number of hydrogen-bond donors (Lipinski definition) is 0. The number of fused-ring (bicyclic) bond motifs is 1. The van der Waals surface area contributed by atoms with Gasteiger partial charge in [-0.25, -0.2) is 9.97 Å². The highest BCUT2D eigenvalue weighted by Crippen LogP contribution is 2.31. The summed E-state index contributed by atoms with van der Waals surface area (Å²) in [6.07, 6.45) is 0. The summed E-state index contributed by atoms with van der Waals surface area (Å²) < 4.78 is 5.87. The monoisotopic (exact) mass is 323 g/mol. The van der Waals surface area contributed by atoms with Crippen molar-refractivity contribution in [1.82, 2.24) is 9.97 Å². The molecule has 3 aromatic rings. The fourth-order valence-corrected chi connectivity index (χ4v) is 2.64. The Kier molecular flexibility index (Phi) is 4.12. The number of rotatable bonds is 4. The lowest BCUT2D eigenvalue weighted by atomic mass is 10.1. The second-order valence-electron chi connectivity index (χ2n) is 5.65. The lowest BCUT2D eigenvalue weighted by Crippen LogP contribution is -2.06. The van der Waals surface area contributed by atoms with Gasteiger partial charge in [-0.15, -0.1) is 0 Å². The molecule has 0 N–H and O–H groups in total. The van der Waals surface area contributed by atoms with E-state index in [9.17, 15) is 10.1 Å². The Morgan fingerprint density at radius 3 is 2.38 bits per heavy atom. The molecule has 0 atom stereocenters. The molecule has 2 aromatic carbocycles. The van der Waals surface area contributed by atoms with E-state index in [1.165, 1.54) is 6.07 Å². The first-order chi connectivity index (χ1) is 11.5. The van der Waals surface area contributed by atoms with Crippen LogP contribution in [0.15, 0.2) is 36.4 Å². The highest BCUT2D eigenvalue weighted by molar-refractivity contribution is 5.74. The Morgan fingerprint density at radius 2 is 1.71 bits per heavy atom. The lowest BCUT2D eigenvalue weighted by Gasteiger charge is -2.13. The van der Waals surface area contributed by atoms with Crippen molar-refractivity contribution in [1.29, 1.82) is 0 Å². The van der Waals surface area contributed by atoms with Crippen LogP contribution in [0.25, 0.3) is 11.0 Å². The molecular formula is C18H17N3O3. The standard InChI is InChI=1S/C18H17N3O3/c1-11-8-9-17(21(22)23)12(2)18(11)24-10-16-13(3)19-14-6-4-5-7-15(14)20-16/h4-9H,10H2,1-3H3. The molecule has 3 rings (SSSR count). The molecule has 1 heterocycles. The Balaban J connectivity index is 1.93. The molecule has 0 bridgehead atoms. The summed E-state index contributed by atoms with van der Waals surface area (Å²) in [5, 5.41) is 11.1. The normalized spacial score (nSPS) is 10.8. The van der Waals surface area contributed by atoms with E-state index in [-0.39, 0.29) is 12.3 Å². The molecule has 122 valence electrons. The SMILES string of the molecule is Cc1ccc([N+](=O)[O-])c(C)c1OCc1nc2ccccc2nc1C. The molecule has 0 spiro atoms. The number of benzene rings is 2. The molecule has 0 aliphatic carbocycles. The van der Waals surface area contributed by atoms with Gasteiger partial charge in [0.1, 0.15) is 12.4 Å². The predicted molar refractivity (Wildman–Crippen MR) is 91.2 cm³/mol. The van der Waals surface area contributed by atoms with Crippen LogP contribution in [0.2, 0.25) is 0 Å². The Morgan fingerprint density at radius 1 is 1.04 bits per heavy atom. The van der Waals surface area contributed by atoms with E-state index < -0.39 is 4.92 Å². The average molecular weight is 323 g/mol. The Labute approximate surface area is 139 Å². The molecule has 0 radical (unpaired) electrons. The van der Waals surface area contributed by atoms with Crippen LogP contribution >= 0.6 is 0 Å². The van der Waals surface area contributed by atoms with Gasteiger partial charge in [-0.2, -0.15) is 0 Å². The van der Waals surface area contributed by atoms with Crippen molar-refractivity contribution in [2.75, 3.05) is 0 Å². The molecule has 6 nitrogen and oxygen atoms in total. The predicted octanol–water partition coefficient (Wildman–Crippen LogP) is 4.04. The summed E-state index contributed by atoms with van der Waals surface area (Å²) in [7, 11) is 0. The first kappa shape index (κ1) is 15.9. The van der Waals surface area contributed by atoms with Gasteiger partial charge in [0.05, 0.1) is 32.9 Å². The summed E-state index contributed by atoms with van der Waals surface area (Å²) in [6, 6.07) is 10.8. The zero-order valence-corrected chi connectivity index (χ0v) is 13.7. The number of nitro benzene ring substituents is 1. The number of aromatic nitrogens is 2. The van der Waals surface area contributed by atoms with Crippen molar-refractivity contribution in [3.05, 3.63) is 69.0 Å². The molecule has 0 amide bonds. The molecule has 24 heavy (non-hydrogen) atoms. The zero-order valence-electron chi connectivity index (χ0n) is 13.7. The molecule has 0 fully saturated rings. The van der Waals surface area contributed by atoms with Gasteiger partial charge in [0, 0.05) is 6.07 Å². The van der Waals surface area contributed by atoms with Gasteiger partial charge in [0.15, 0.2) is 0 Å². The van der Waals surface area contributed by atoms with Crippen LogP contribution in [-0.2, 0) is 6.61 Å². The van der Waals surface area contributed by atoms with Gasteiger partial charge in [0.2, 0.25) is 0 Å². The highest BCUT2D eigenvalue weighted by Gasteiger charge is 2.17. The molecule has 1 aromatic heterocycles. The van der Waals surface area contributed by atoms with Gasteiger partial charge in [-0.05, 0) is 44.5 Å². The molecule has 0 saturated heterocycles. The third kappa shape index (κ3) is 2.90. The summed E-state index contributed by atoms with van der Waals surface area (Å²) in [4.78, 5) is 19.8. The molecule has 0 unspecified atom stereocenters. The van der Waals surface area contributed by atoms with E-state index in [1.807, 2.05) is 38.1 Å². The summed E-state index contributed by atoms with van der Waals surface area (Å²) in [6.45, 7) is 5.65. The van der Waals surface area contributed by atoms with E-state index in [0.29, 0.717) is 11.3 Å². The smallest absolute Gasteiger partial charge is 0.276 e. The molecule has 0 aliphatic heterocycles. The number of nitrogens with zero attached hydrogens (tertiary/aromatic N) is 3. The Hall–Kier alpha value is -3.02. The van der Waals surface area contributed by atoms with Gasteiger partial charge in [0.25, 0.3) is 5.69 Å². The van der Waals surface area contributed by atoms with Crippen LogP contribution < -0.4 is 4.74 Å². The summed E-state index contributed by atoms with van der Waals surface area (Å²) in [5.41, 5.74) is 4.57. The molecule has 0 aliphatic rings. The van der Waals surface area contributed by atoms with Crippen LogP contribution in [0.5, 0.6) is 5.75 Å². The minimum Gasteiger partial charge on any atom is -0.486 e. The number of nitro groups is 1. The van der Waals surface area contributed by atoms with E-state index in [4.69, 9.17) is 4.74 Å². The largest absolute Gasteiger partial charge is 0.486 e. The van der Waals surface area contributed by atoms with Crippen molar-refractivity contribution in [2.24, 2.45) is 0 Å². The first-order valence-electron chi connectivity index (χ1n) is 7.57.